The molecule has 0 aromatic rings. The number of piperazine rings is 1. The maximum atomic E-state index is 3.82. The first-order valence-electron chi connectivity index (χ1n) is 8.97. The van der Waals surface area contributed by atoms with Gasteiger partial charge in [0.1, 0.15) is 0 Å². The summed E-state index contributed by atoms with van der Waals surface area (Å²) in [6.07, 6.45) is 8.52. The average Bonchev–Trinajstić information content (AvgIpc) is 2.47. The van der Waals surface area contributed by atoms with Crippen LogP contribution in [0.2, 0.25) is 0 Å². The molecule has 1 saturated heterocycles. The first-order valence-corrected chi connectivity index (χ1v) is 8.97. The summed E-state index contributed by atoms with van der Waals surface area (Å²) in [7, 11) is 0. The van der Waals surface area contributed by atoms with Crippen molar-refractivity contribution in [2.24, 2.45) is 11.8 Å². The number of hydrogen-bond acceptors (Lipinski definition) is 2. The van der Waals surface area contributed by atoms with Crippen LogP contribution in [0.5, 0.6) is 0 Å². The highest BCUT2D eigenvalue weighted by Crippen LogP contribution is 2.33. The quantitative estimate of drug-likeness (QED) is 0.835. The van der Waals surface area contributed by atoms with Crippen LogP contribution in [0.1, 0.15) is 73.1 Å². The van der Waals surface area contributed by atoms with Crippen molar-refractivity contribution in [1.29, 1.82) is 0 Å². The molecular weight excluding hydrogens is 244 g/mol. The van der Waals surface area contributed by atoms with E-state index in [0.29, 0.717) is 11.6 Å². The molecule has 2 rings (SSSR count). The maximum absolute atomic E-state index is 3.82. The van der Waals surface area contributed by atoms with E-state index < -0.39 is 0 Å². The number of nitrogens with zero attached hydrogens (tertiary/aromatic N) is 1. The van der Waals surface area contributed by atoms with E-state index >= 15 is 0 Å². The lowest BCUT2D eigenvalue weighted by Gasteiger charge is -2.52. The lowest BCUT2D eigenvalue weighted by Crippen LogP contribution is -2.66. The molecule has 0 radical (unpaired) electrons. The fourth-order valence-corrected chi connectivity index (χ4v) is 4.23. The molecule has 1 aliphatic carbocycles. The van der Waals surface area contributed by atoms with Gasteiger partial charge < -0.3 is 5.32 Å². The van der Waals surface area contributed by atoms with Crippen LogP contribution in [0.4, 0.5) is 0 Å². The van der Waals surface area contributed by atoms with Gasteiger partial charge in [-0.2, -0.15) is 0 Å². The Hall–Kier alpha value is -0.0800. The van der Waals surface area contributed by atoms with Gasteiger partial charge in [0.05, 0.1) is 0 Å². The van der Waals surface area contributed by atoms with Crippen LogP contribution in [0.25, 0.3) is 0 Å². The Morgan fingerprint density at radius 3 is 2.35 bits per heavy atom. The second-order valence-corrected chi connectivity index (χ2v) is 7.92. The summed E-state index contributed by atoms with van der Waals surface area (Å²) < 4.78 is 0. The summed E-state index contributed by atoms with van der Waals surface area (Å²) in [6, 6.07) is 1.47. The van der Waals surface area contributed by atoms with E-state index in [4.69, 9.17) is 0 Å². The van der Waals surface area contributed by atoms with E-state index in [1.165, 1.54) is 51.6 Å². The third-order valence-electron chi connectivity index (χ3n) is 6.10. The van der Waals surface area contributed by atoms with Gasteiger partial charge in [-0.25, -0.2) is 0 Å². The van der Waals surface area contributed by atoms with Crippen molar-refractivity contribution in [1.82, 2.24) is 10.2 Å². The molecule has 0 amide bonds. The Morgan fingerprint density at radius 2 is 1.80 bits per heavy atom. The smallest absolute Gasteiger partial charge is 0.0278 e. The van der Waals surface area contributed by atoms with Crippen LogP contribution < -0.4 is 5.32 Å². The average molecular weight is 280 g/mol. The van der Waals surface area contributed by atoms with Crippen LogP contribution in [-0.2, 0) is 0 Å². The molecule has 0 aromatic carbocycles. The molecule has 2 fully saturated rings. The maximum Gasteiger partial charge on any atom is 0.0278 e. The Bertz CT molecular complexity index is 296. The lowest BCUT2D eigenvalue weighted by atomic mass is 9.81. The fourth-order valence-electron chi connectivity index (χ4n) is 4.23. The summed E-state index contributed by atoms with van der Waals surface area (Å²) in [6.45, 7) is 14.4. The summed E-state index contributed by atoms with van der Waals surface area (Å²) in [5.41, 5.74) is 0.314. The summed E-state index contributed by atoms with van der Waals surface area (Å²) in [5, 5.41) is 3.82. The Labute approximate surface area is 126 Å². The minimum atomic E-state index is 0.314. The SMILES string of the molecule is CCC1(C)CN(C(C)C2CCCCC2)C(C(C)C)CN1. The third-order valence-corrected chi connectivity index (χ3v) is 6.10. The Kier molecular flexibility index (Phi) is 5.53. The van der Waals surface area contributed by atoms with Crippen LogP contribution in [0.15, 0.2) is 0 Å². The zero-order valence-corrected chi connectivity index (χ0v) is 14.4. The highest BCUT2D eigenvalue weighted by Gasteiger charge is 2.39. The van der Waals surface area contributed by atoms with Crippen LogP contribution in [-0.4, -0.2) is 35.6 Å². The van der Waals surface area contributed by atoms with Crippen molar-refractivity contribution in [3.8, 4) is 0 Å². The van der Waals surface area contributed by atoms with Gasteiger partial charge in [-0.3, -0.25) is 4.90 Å². The predicted molar refractivity (Wildman–Crippen MR) is 88.1 cm³/mol. The monoisotopic (exact) mass is 280 g/mol. The molecule has 0 spiro atoms. The molecule has 0 bridgehead atoms. The van der Waals surface area contributed by atoms with Gasteiger partial charge in [0.25, 0.3) is 0 Å². The van der Waals surface area contributed by atoms with Crippen molar-refractivity contribution < 1.29 is 0 Å². The highest BCUT2D eigenvalue weighted by molar-refractivity contribution is 4.98. The van der Waals surface area contributed by atoms with E-state index in [0.717, 1.165) is 17.9 Å². The van der Waals surface area contributed by atoms with Crippen LogP contribution in [0, 0.1) is 11.8 Å². The molecule has 0 aromatic heterocycles. The molecular formula is C18H36N2. The van der Waals surface area contributed by atoms with Gasteiger partial charge in [0, 0.05) is 30.7 Å². The van der Waals surface area contributed by atoms with Gasteiger partial charge in [-0.05, 0) is 44.9 Å². The number of nitrogens with one attached hydrogen (secondary N) is 1. The van der Waals surface area contributed by atoms with E-state index in [-0.39, 0.29) is 0 Å². The Morgan fingerprint density at radius 1 is 1.15 bits per heavy atom. The van der Waals surface area contributed by atoms with Gasteiger partial charge in [-0.15, -0.1) is 0 Å². The standard InChI is InChI=1S/C18H36N2/c1-6-18(5)13-20(17(12-19-18)14(2)3)15(4)16-10-8-7-9-11-16/h14-17,19H,6-13H2,1-5H3. The highest BCUT2D eigenvalue weighted by atomic mass is 15.3. The first-order chi connectivity index (χ1) is 9.47. The van der Waals surface area contributed by atoms with Gasteiger partial charge in [0.2, 0.25) is 0 Å². The molecule has 3 unspecified atom stereocenters. The molecule has 2 aliphatic rings. The van der Waals surface area contributed by atoms with Crippen LogP contribution in [0.3, 0.4) is 0 Å². The van der Waals surface area contributed by atoms with Crippen molar-refractivity contribution in [2.75, 3.05) is 13.1 Å². The number of hydrogen-bond donors (Lipinski definition) is 1. The molecule has 2 nitrogen and oxygen atoms in total. The van der Waals surface area contributed by atoms with E-state index in [1.54, 1.807) is 0 Å². The second kappa shape index (κ2) is 6.79. The van der Waals surface area contributed by atoms with E-state index in [1.807, 2.05) is 0 Å². The normalized spacial score (nSPS) is 35.4. The molecule has 2 heteroatoms. The first kappa shape index (κ1) is 16.3. The lowest BCUT2D eigenvalue weighted by molar-refractivity contribution is 0.00340. The summed E-state index contributed by atoms with van der Waals surface area (Å²) in [5.74, 6) is 1.68. The van der Waals surface area contributed by atoms with Crippen LogP contribution >= 0.6 is 0 Å². The zero-order valence-electron chi connectivity index (χ0n) is 14.4. The summed E-state index contributed by atoms with van der Waals surface area (Å²) in [4.78, 5) is 2.86. The molecule has 1 aliphatic heterocycles. The largest absolute Gasteiger partial charge is 0.309 e. The Balaban J connectivity index is 2.09. The minimum Gasteiger partial charge on any atom is -0.309 e. The van der Waals surface area contributed by atoms with Gasteiger partial charge in [-0.1, -0.05) is 40.0 Å². The second-order valence-electron chi connectivity index (χ2n) is 7.92. The van der Waals surface area contributed by atoms with Crippen molar-refractivity contribution in [3.05, 3.63) is 0 Å². The topological polar surface area (TPSA) is 15.3 Å². The van der Waals surface area contributed by atoms with Crippen molar-refractivity contribution >= 4 is 0 Å². The molecule has 3 atom stereocenters. The number of rotatable bonds is 4. The third kappa shape index (κ3) is 3.57. The molecule has 1 N–H and O–H groups in total. The molecule has 1 heterocycles. The molecule has 1 saturated carbocycles. The molecule has 118 valence electrons. The van der Waals surface area contributed by atoms with Gasteiger partial charge in [0.15, 0.2) is 0 Å². The van der Waals surface area contributed by atoms with Crippen molar-refractivity contribution in [3.63, 3.8) is 0 Å². The predicted octanol–water partition coefficient (Wildman–Crippen LogP) is 4.05. The fraction of sp³-hybridized carbons (Fsp3) is 1.00. The molecule has 20 heavy (non-hydrogen) atoms. The minimum absolute atomic E-state index is 0.314. The summed E-state index contributed by atoms with van der Waals surface area (Å²) >= 11 is 0. The van der Waals surface area contributed by atoms with E-state index in [2.05, 4.69) is 44.8 Å². The van der Waals surface area contributed by atoms with E-state index in [9.17, 15) is 0 Å². The van der Waals surface area contributed by atoms with Crippen molar-refractivity contribution in [2.45, 2.75) is 90.8 Å². The zero-order chi connectivity index (χ0) is 14.8. The van der Waals surface area contributed by atoms with Gasteiger partial charge >= 0.3 is 0 Å².